The number of aliphatic hydroxyl groups is 1. The van der Waals surface area contributed by atoms with Gasteiger partial charge >= 0.3 is 0 Å². The van der Waals surface area contributed by atoms with Crippen LogP contribution in [0.25, 0.3) is 22.2 Å². The van der Waals surface area contributed by atoms with Gasteiger partial charge in [-0.2, -0.15) is 0 Å². The van der Waals surface area contributed by atoms with E-state index in [1.54, 1.807) is 0 Å². The fraction of sp³-hybridized carbons (Fsp3) is 0.167. The standard InChI is InChI=1S/C24H17F5N4O3/c25-13-3-12(4-14(26)5-13)16-8-31-22-20(16)19(1-2-30-22)36-21-17(27)6-15(7-18(21)28)33-23-32-9-24(29,10-34)11-35-23/h1-8,34H,9-11H2,(H,30,31)(H,32,33)/t24-/m1/s1. The van der Waals surface area contributed by atoms with E-state index in [1.165, 1.54) is 18.5 Å². The molecular weight excluding hydrogens is 487 g/mol. The number of aromatic amines is 1. The topological polar surface area (TPSA) is 91.8 Å². The highest BCUT2D eigenvalue weighted by Crippen LogP contribution is 2.39. The molecule has 12 heteroatoms. The zero-order chi connectivity index (χ0) is 25.4. The second-order valence-corrected chi connectivity index (χ2v) is 8.11. The molecule has 0 bridgehead atoms. The van der Waals surface area contributed by atoms with Crippen molar-refractivity contribution in [2.24, 2.45) is 4.99 Å². The van der Waals surface area contributed by atoms with Gasteiger partial charge in [0.1, 0.15) is 29.6 Å². The van der Waals surface area contributed by atoms with Crippen LogP contribution in [0.15, 0.2) is 53.8 Å². The largest absolute Gasteiger partial charge is 0.461 e. The summed E-state index contributed by atoms with van der Waals surface area (Å²) in [6, 6.07) is 5.97. The summed E-state index contributed by atoms with van der Waals surface area (Å²) >= 11 is 0. The van der Waals surface area contributed by atoms with Gasteiger partial charge in [-0.05, 0) is 23.8 Å². The molecule has 0 aliphatic carbocycles. The molecule has 0 radical (unpaired) electrons. The van der Waals surface area contributed by atoms with Gasteiger partial charge in [0.2, 0.25) is 0 Å². The van der Waals surface area contributed by atoms with E-state index in [0.29, 0.717) is 5.56 Å². The Bertz CT molecular complexity index is 1450. The molecule has 1 atom stereocenters. The van der Waals surface area contributed by atoms with Crippen LogP contribution in [-0.4, -0.2) is 46.5 Å². The number of H-pyrrole nitrogens is 1. The van der Waals surface area contributed by atoms with Crippen molar-refractivity contribution in [2.75, 3.05) is 25.1 Å². The van der Waals surface area contributed by atoms with Crippen LogP contribution in [0.1, 0.15) is 0 Å². The molecule has 2 aromatic heterocycles. The number of rotatable bonds is 5. The summed E-state index contributed by atoms with van der Waals surface area (Å²) in [5, 5.41) is 11.8. The fourth-order valence-electron chi connectivity index (χ4n) is 3.69. The minimum Gasteiger partial charge on any atom is -0.461 e. The molecule has 0 saturated heterocycles. The quantitative estimate of drug-likeness (QED) is 0.330. The third-order valence-corrected chi connectivity index (χ3v) is 5.43. The Hall–Kier alpha value is -4.19. The first-order valence-electron chi connectivity index (χ1n) is 10.6. The Morgan fingerprint density at radius 1 is 1.08 bits per heavy atom. The van der Waals surface area contributed by atoms with Crippen molar-refractivity contribution in [3.63, 3.8) is 0 Å². The minimum absolute atomic E-state index is 0.0114. The molecule has 2 aromatic carbocycles. The molecule has 1 aliphatic heterocycles. The zero-order valence-corrected chi connectivity index (χ0v) is 18.3. The lowest BCUT2D eigenvalue weighted by Crippen LogP contribution is -2.43. The average molecular weight is 504 g/mol. The molecule has 3 heterocycles. The number of fused-ring (bicyclic) bond motifs is 1. The number of anilines is 1. The molecule has 5 rings (SSSR count). The minimum atomic E-state index is -2.02. The van der Waals surface area contributed by atoms with E-state index in [0.717, 1.165) is 30.3 Å². The second-order valence-electron chi connectivity index (χ2n) is 8.11. The molecule has 0 saturated carbocycles. The van der Waals surface area contributed by atoms with Crippen molar-refractivity contribution in [2.45, 2.75) is 5.67 Å². The number of benzene rings is 2. The Kier molecular flexibility index (Phi) is 5.96. The van der Waals surface area contributed by atoms with E-state index in [2.05, 4.69) is 20.3 Å². The van der Waals surface area contributed by atoms with Gasteiger partial charge in [-0.3, -0.25) is 0 Å². The monoisotopic (exact) mass is 504 g/mol. The number of nitrogens with zero attached hydrogens (tertiary/aromatic N) is 2. The number of nitrogens with one attached hydrogen (secondary N) is 2. The van der Waals surface area contributed by atoms with E-state index < -0.39 is 47.9 Å². The van der Waals surface area contributed by atoms with Gasteiger partial charge in [0.05, 0.1) is 18.5 Å². The average Bonchev–Trinajstić information content (AvgIpc) is 3.28. The predicted octanol–water partition coefficient (Wildman–Crippen LogP) is 5.08. The first-order chi connectivity index (χ1) is 17.2. The highest BCUT2D eigenvalue weighted by Gasteiger charge is 2.34. The summed E-state index contributed by atoms with van der Waals surface area (Å²) < 4.78 is 81.9. The van der Waals surface area contributed by atoms with Gasteiger partial charge in [-0.25, -0.2) is 31.9 Å². The third-order valence-electron chi connectivity index (χ3n) is 5.43. The van der Waals surface area contributed by atoms with Crippen LogP contribution < -0.4 is 10.1 Å². The molecular formula is C24H17F5N4O3. The smallest absolute Gasteiger partial charge is 0.289 e. The number of alkyl halides is 1. The Morgan fingerprint density at radius 3 is 2.44 bits per heavy atom. The van der Waals surface area contributed by atoms with Crippen molar-refractivity contribution >= 4 is 22.7 Å². The van der Waals surface area contributed by atoms with Crippen LogP contribution in [-0.2, 0) is 4.74 Å². The summed E-state index contributed by atoms with van der Waals surface area (Å²) in [4.78, 5) is 10.8. The van der Waals surface area contributed by atoms with Crippen LogP contribution in [0.4, 0.5) is 27.6 Å². The summed E-state index contributed by atoms with van der Waals surface area (Å²) in [5.41, 5.74) is -1.35. The third kappa shape index (κ3) is 4.54. The first kappa shape index (κ1) is 23.5. The Balaban J connectivity index is 1.45. The van der Waals surface area contributed by atoms with E-state index in [1.807, 2.05) is 0 Å². The maximum atomic E-state index is 14.9. The predicted molar refractivity (Wildman–Crippen MR) is 121 cm³/mol. The Labute approximate surface area is 200 Å². The number of aliphatic imine (C=N–C) groups is 1. The number of hydrogen-bond acceptors (Lipinski definition) is 6. The maximum Gasteiger partial charge on any atom is 0.289 e. The molecule has 1 aliphatic rings. The van der Waals surface area contributed by atoms with Gasteiger partial charge in [0.15, 0.2) is 23.1 Å². The van der Waals surface area contributed by atoms with Crippen molar-refractivity contribution in [1.82, 2.24) is 9.97 Å². The number of amidine groups is 1. The molecule has 36 heavy (non-hydrogen) atoms. The lowest BCUT2D eigenvalue weighted by atomic mass is 10.1. The van der Waals surface area contributed by atoms with Crippen LogP contribution >= 0.6 is 0 Å². The first-order valence-corrected chi connectivity index (χ1v) is 10.6. The molecule has 7 nitrogen and oxygen atoms in total. The van der Waals surface area contributed by atoms with Gasteiger partial charge in [-0.15, -0.1) is 0 Å². The van der Waals surface area contributed by atoms with Crippen LogP contribution in [0, 0.1) is 23.3 Å². The molecule has 0 unspecified atom stereocenters. The lowest BCUT2D eigenvalue weighted by Gasteiger charge is -2.26. The van der Waals surface area contributed by atoms with Gasteiger partial charge in [-0.1, -0.05) is 0 Å². The summed E-state index contributed by atoms with van der Waals surface area (Å²) in [5.74, 6) is -4.51. The van der Waals surface area contributed by atoms with Crippen molar-refractivity contribution in [3.05, 3.63) is 72.1 Å². The highest BCUT2D eigenvalue weighted by molar-refractivity contribution is 5.98. The summed E-state index contributed by atoms with van der Waals surface area (Å²) in [6.07, 6.45) is 2.79. The molecule has 0 spiro atoms. The number of pyridine rings is 1. The van der Waals surface area contributed by atoms with E-state index >= 15 is 0 Å². The van der Waals surface area contributed by atoms with Crippen molar-refractivity contribution in [3.8, 4) is 22.6 Å². The van der Waals surface area contributed by atoms with Crippen LogP contribution in [0.3, 0.4) is 0 Å². The molecule has 4 aromatic rings. The summed E-state index contributed by atoms with van der Waals surface area (Å²) in [7, 11) is 0. The van der Waals surface area contributed by atoms with E-state index in [-0.39, 0.29) is 40.6 Å². The maximum absolute atomic E-state index is 14.9. The number of aliphatic hydroxyl groups excluding tert-OH is 1. The SMILES string of the molecule is OC[C@]1(F)CN=C(Nc2cc(F)c(Oc3ccnc4[nH]cc(-c5cc(F)cc(F)c5)c34)c(F)c2)OC1. The molecule has 0 amide bonds. The molecule has 186 valence electrons. The fourth-order valence-corrected chi connectivity index (χ4v) is 3.69. The number of ether oxygens (including phenoxy) is 2. The van der Waals surface area contributed by atoms with Gasteiger partial charge in [0, 0.05) is 41.8 Å². The number of hydrogen-bond donors (Lipinski definition) is 3. The van der Waals surface area contributed by atoms with Crippen LogP contribution in [0.5, 0.6) is 11.5 Å². The van der Waals surface area contributed by atoms with Gasteiger partial charge in [0.25, 0.3) is 6.02 Å². The number of aromatic nitrogens is 2. The second kappa shape index (κ2) is 9.11. The molecule has 0 fully saturated rings. The van der Waals surface area contributed by atoms with E-state index in [4.69, 9.17) is 14.6 Å². The van der Waals surface area contributed by atoms with Crippen molar-refractivity contribution in [1.29, 1.82) is 0 Å². The molecule has 3 N–H and O–H groups in total. The number of halogens is 5. The van der Waals surface area contributed by atoms with Crippen LogP contribution in [0.2, 0.25) is 0 Å². The van der Waals surface area contributed by atoms with Crippen molar-refractivity contribution < 1.29 is 36.5 Å². The highest BCUT2D eigenvalue weighted by atomic mass is 19.2. The van der Waals surface area contributed by atoms with Gasteiger partial charge < -0.3 is 24.9 Å². The summed E-state index contributed by atoms with van der Waals surface area (Å²) in [6.45, 7) is -1.64. The lowest BCUT2D eigenvalue weighted by molar-refractivity contribution is 0.0181. The zero-order valence-electron chi connectivity index (χ0n) is 18.3. The van der Waals surface area contributed by atoms with E-state index in [9.17, 15) is 22.0 Å². The Morgan fingerprint density at radius 2 is 1.81 bits per heavy atom. The normalized spacial score (nSPS) is 17.6.